The Morgan fingerprint density at radius 3 is 3.00 bits per heavy atom. The smallest absolute Gasteiger partial charge is 0.245 e. The Hall–Kier alpha value is -1.18. The van der Waals surface area contributed by atoms with E-state index in [0.29, 0.717) is 34.3 Å². The summed E-state index contributed by atoms with van der Waals surface area (Å²) in [6, 6.07) is 5.24. The van der Waals surface area contributed by atoms with E-state index in [1.807, 2.05) is 11.8 Å². The van der Waals surface area contributed by atoms with Gasteiger partial charge in [0.25, 0.3) is 0 Å². The van der Waals surface area contributed by atoms with Crippen molar-refractivity contribution in [3.63, 3.8) is 0 Å². The molecule has 2 heterocycles. The van der Waals surface area contributed by atoms with Crippen LogP contribution in [0.3, 0.4) is 0 Å². The number of nitrogens with two attached hydrogens (primary N) is 1. The third-order valence-electron chi connectivity index (χ3n) is 3.49. The number of sulfonamides is 1. The number of H-pyrrole nitrogens is 1. The van der Waals surface area contributed by atoms with E-state index in [1.54, 1.807) is 28.7 Å². The van der Waals surface area contributed by atoms with Crippen molar-refractivity contribution in [3.8, 4) is 0 Å². The number of hydrogen-bond acceptors (Lipinski definition) is 4. The molecular weight excluding hydrogens is 294 g/mol. The Balaban J connectivity index is 2.05. The lowest BCUT2D eigenvalue weighted by Gasteiger charge is -2.29. The fraction of sp³-hybridized carbons (Fsp3) is 0.385. The minimum absolute atomic E-state index is 0.333. The molecule has 0 bridgehead atoms. The summed E-state index contributed by atoms with van der Waals surface area (Å²) in [5.41, 5.74) is 7.09. The van der Waals surface area contributed by atoms with Gasteiger partial charge < -0.3 is 10.7 Å². The number of fused-ring (bicyclic) bond motifs is 1. The standard InChI is InChI=1S/C13H17N3O2S2/c1-9-8-16(4-5-19-9)20(17,18)13-7-15-12-6-10(14)2-3-11(12)13/h2-3,6-7,9,15H,4-5,8,14H2,1H3. The average molecular weight is 311 g/mol. The van der Waals surface area contributed by atoms with Gasteiger partial charge in [0.1, 0.15) is 4.90 Å². The SMILES string of the molecule is CC1CN(S(=O)(=O)c2c[nH]c3cc(N)ccc23)CCS1. The van der Waals surface area contributed by atoms with E-state index < -0.39 is 10.0 Å². The molecule has 0 aliphatic carbocycles. The molecule has 3 rings (SSSR count). The topological polar surface area (TPSA) is 79.2 Å². The van der Waals surface area contributed by atoms with E-state index in [9.17, 15) is 8.42 Å². The van der Waals surface area contributed by atoms with Crippen LogP contribution < -0.4 is 5.73 Å². The van der Waals surface area contributed by atoms with Crippen molar-refractivity contribution >= 4 is 38.4 Å². The first-order valence-electron chi connectivity index (χ1n) is 6.47. The Morgan fingerprint density at radius 1 is 1.45 bits per heavy atom. The fourth-order valence-corrected chi connectivity index (χ4v) is 5.39. The molecule has 3 N–H and O–H groups in total. The van der Waals surface area contributed by atoms with Gasteiger partial charge in [-0.3, -0.25) is 0 Å². The van der Waals surface area contributed by atoms with Crippen LogP contribution in [0.2, 0.25) is 0 Å². The monoisotopic (exact) mass is 311 g/mol. The van der Waals surface area contributed by atoms with E-state index in [4.69, 9.17) is 5.73 Å². The molecule has 1 saturated heterocycles. The number of rotatable bonds is 2. The van der Waals surface area contributed by atoms with Crippen molar-refractivity contribution in [3.05, 3.63) is 24.4 Å². The Labute approximate surface area is 122 Å². The molecule has 7 heteroatoms. The van der Waals surface area contributed by atoms with Crippen molar-refractivity contribution in [2.75, 3.05) is 24.6 Å². The summed E-state index contributed by atoms with van der Waals surface area (Å²) < 4.78 is 27.1. The molecule has 108 valence electrons. The second kappa shape index (κ2) is 4.98. The minimum atomic E-state index is -3.44. The van der Waals surface area contributed by atoms with Crippen molar-refractivity contribution < 1.29 is 8.42 Å². The zero-order valence-corrected chi connectivity index (χ0v) is 12.8. The second-order valence-electron chi connectivity index (χ2n) is 5.00. The first kappa shape index (κ1) is 13.8. The molecule has 1 atom stereocenters. The molecule has 1 aliphatic rings. The van der Waals surface area contributed by atoms with E-state index in [-0.39, 0.29) is 0 Å². The Kier molecular flexibility index (Phi) is 3.43. The lowest BCUT2D eigenvalue weighted by atomic mass is 10.2. The second-order valence-corrected chi connectivity index (χ2v) is 8.46. The molecule has 2 aromatic rings. The summed E-state index contributed by atoms with van der Waals surface area (Å²) in [5, 5.41) is 1.03. The van der Waals surface area contributed by atoms with Gasteiger partial charge in [-0.1, -0.05) is 6.92 Å². The number of anilines is 1. The maximum absolute atomic E-state index is 12.8. The number of aromatic amines is 1. The highest BCUT2D eigenvalue weighted by atomic mass is 32.2. The molecule has 1 aliphatic heterocycles. The van der Waals surface area contributed by atoms with Crippen LogP contribution >= 0.6 is 11.8 Å². The fourth-order valence-electron chi connectivity index (χ4n) is 2.47. The van der Waals surface area contributed by atoms with Gasteiger partial charge in [0.2, 0.25) is 10.0 Å². The van der Waals surface area contributed by atoms with Crippen LogP contribution in [-0.2, 0) is 10.0 Å². The van der Waals surface area contributed by atoms with Crippen LogP contribution in [0.25, 0.3) is 10.9 Å². The largest absolute Gasteiger partial charge is 0.399 e. The van der Waals surface area contributed by atoms with Gasteiger partial charge in [-0.15, -0.1) is 0 Å². The third kappa shape index (κ3) is 2.30. The number of nitrogens with one attached hydrogen (secondary N) is 1. The van der Waals surface area contributed by atoms with E-state index in [2.05, 4.69) is 11.9 Å². The minimum Gasteiger partial charge on any atom is -0.399 e. The molecule has 20 heavy (non-hydrogen) atoms. The predicted octanol–water partition coefficient (Wildman–Crippen LogP) is 1.88. The van der Waals surface area contributed by atoms with Crippen molar-refractivity contribution in [2.45, 2.75) is 17.1 Å². The third-order valence-corrected chi connectivity index (χ3v) is 6.53. The summed E-state index contributed by atoms with van der Waals surface area (Å²) in [7, 11) is -3.44. The van der Waals surface area contributed by atoms with Gasteiger partial charge in [-0.05, 0) is 18.2 Å². The van der Waals surface area contributed by atoms with Crippen LogP contribution in [0, 0.1) is 0 Å². The summed E-state index contributed by atoms with van der Waals surface area (Å²) >= 11 is 1.81. The first-order chi connectivity index (χ1) is 9.48. The summed E-state index contributed by atoms with van der Waals surface area (Å²) in [6.07, 6.45) is 1.56. The van der Waals surface area contributed by atoms with E-state index in [1.165, 1.54) is 0 Å². The molecule has 0 saturated carbocycles. The van der Waals surface area contributed by atoms with E-state index >= 15 is 0 Å². The molecule has 5 nitrogen and oxygen atoms in total. The Morgan fingerprint density at radius 2 is 2.25 bits per heavy atom. The van der Waals surface area contributed by atoms with Crippen molar-refractivity contribution in [1.29, 1.82) is 0 Å². The van der Waals surface area contributed by atoms with Crippen LogP contribution in [0.1, 0.15) is 6.92 Å². The predicted molar refractivity (Wildman–Crippen MR) is 83.4 cm³/mol. The molecular formula is C13H17N3O2S2. The Bertz CT molecular complexity index is 739. The van der Waals surface area contributed by atoms with Crippen molar-refractivity contribution in [2.24, 2.45) is 0 Å². The van der Waals surface area contributed by atoms with Crippen molar-refractivity contribution in [1.82, 2.24) is 9.29 Å². The lowest BCUT2D eigenvalue weighted by molar-refractivity contribution is 0.425. The normalized spacial score (nSPS) is 21.4. The molecule has 1 unspecified atom stereocenters. The number of nitrogen functional groups attached to an aromatic ring is 1. The number of aromatic nitrogens is 1. The van der Waals surface area contributed by atoms with Gasteiger partial charge >= 0.3 is 0 Å². The van der Waals surface area contributed by atoms with Crippen LogP contribution in [0.4, 0.5) is 5.69 Å². The van der Waals surface area contributed by atoms with Crippen LogP contribution in [0.15, 0.2) is 29.3 Å². The maximum Gasteiger partial charge on any atom is 0.245 e. The lowest BCUT2D eigenvalue weighted by Crippen LogP contribution is -2.40. The number of nitrogens with zero attached hydrogens (tertiary/aromatic N) is 1. The number of benzene rings is 1. The van der Waals surface area contributed by atoms with Gasteiger partial charge in [0.15, 0.2) is 0 Å². The highest BCUT2D eigenvalue weighted by Crippen LogP contribution is 2.29. The molecule has 0 amide bonds. The summed E-state index contributed by atoms with van der Waals surface area (Å²) in [6.45, 7) is 3.19. The number of thioether (sulfide) groups is 1. The molecule has 1 aromatic heterocycles. The zero-order valence-electron chi connectivity index (χ0n) is 11.2. The average Bonchev–Trinajstić information content (AvgIpc) is 2.82. The van der Waals surface area contributed by atoms with Crippen LogP contribution in [0.5, 0.6) is 0 Å². The van der Waals surface area contributed by atoms with Gasteiger partial charge in [-0.2, -0.15) is 16.1 Å². The van der Waals surface area contributed by atoms with Gasteiger partial charge in [-0.25, -0.2) is 8.42 Å². The summed E-state index contributed by atoms with van der Waals surface area (Å²) in [5.74, 6) is 0.843. The number of hydrogen-bond donors (Lipinski definition) is 2. The molecule has 1 aromatic carbocycles. The highest BCUT2D eigenvalue weighted by Gasteiger charge is 2.30. The zero-order chi connectivity index (χ0) is 14.3. The molecule has 1 fully saturated rings. The summed E-state index contributed by atoms with van der Waals surface area (Å²) in [4.78, 5) is 3.33. The quantitative estimate of drug-likeness (QED) is 0.830. The molecule has 0 spiro atoms. The van der Waals surface area contributed by atoms with Gasteiger partial charge in [0, 0.05) is 46.9 Å². The van der Waals surface area contributed by atoms with Gasteiger partial charge in [0.05, 0.1) is 0 Å². The first-order valence-corrected chi connectivity index (χ1v) is 8.96. The van der Waals surface area contributed by atoms with Crippen LogP contribution in [-0.4, -0.2) is 41.8 Å². The highest BCUT2D eigenvalue weighted by molar-refractivity contribution is 8.00. The maximum atomic E-state index is 12.8. The molecule has 0 radical (unpaired) electrons. The van der Waals surface area contributed by atoms with E-state index in [0.717, 1.165) is 11.3 Å².